The minimum absolute atomic E-state index is 0.0701. The zero-order chi connectivity index (χ0) is 14.0. The fourth-order valence-electron chi connectivity index (χ4n) is 1.36. The van der Waals surface area contributed by atoms with Crippen LogP contribution in [0.4, 0.5) is 13.2 Å². The normalized spacial score (nSPS) is 12.6. The van der Waals surface area contributed by atoms with Crippen LogP contribution in [0.25, 0.3) is 0 Å². The van der Waals surface area contributed by atoms with Gasteiger partial charge in [-0.05, 0) is 30.5 Å². The number of benzene rings is 1. The van der Waals surface area contributed by atoms with E-state index in [1.165, 1.54) is 12.1 Å². The first-order valence-electron chi connectivity index (χ1n) is 5.33. The van der Waals surface area contributed by atoms with E-state index >= 15 is 0 Å². The Morgan fingerprint density at radius 3 is 2.39 bits per heavy atom. The molecule has 0 saturated heterocycles. The van der Waals surface area contributed by atoms with Crippen LogP contribution in [0, 0.1) is 0 Å². The van der Waals surface area contributed by atoms with E-state index in [-0.39, 0.29) is 3.42 Å². The van der Waals surface area contributed by atoms with E-state index in [2.05, 4.69) is 27.3 Å². The van der Waals surface area contributed by atoms with Gasteiger partial charge in [-0.15, -0.1) is 13.2 Å². The van der Waals surface area contributed by atoms with Gasteiger partial charge in [0, 0.05) is 3.42 Å². The number of phenolic OH excluding ortho intramolecular Hbond substituents is 1. The van der Waals surface area contributed by atoms with E-state index in [0.717, 1.165) is 6.42 Å². The van der Waals surface area contributed by atoms with Gasteiger partial charge in [-0.1, -0.05) is 42.5 Å². The van der Waals surface area contributed by atoms with E-state index in [1.54, 1.807) is 6.07 Å². The molecule has 0 aliphatic rings. The molecular weight excluding hydrogens is 360 g/mol. The van der Waals surface area contributed by atoms with Gasteiger partial charge in [-0.25, -0.2) is 0 Å². The second-order valence-electron chi connectivity index (χ2n) is 4.57. The molecule has 6 heteroatoms. The number of alkyl halides is 4. The number of ether oxygens (including phenoxy) is 1. The van der Waals surface area contributed by atoms with Gasteiger partial charge in [-0.3, -0.25) is 0 Å². The first-order valence-corrected chi connectivity index (χ1v) is 6.41. The Labute approximate surface area is 117 Å². The predicted molar refractivity (Wildman–Crippen MR) is 71.2 cm³/mol. The van der Waals surface area contributed by atoms with Crippen molar-refractivity contribution in [3.05, 3.63) is 23.8 Å². The lowest BCUT2D eigenvalue weighted by molar-refractivity contribution is -0.275. The number of rotatable bonds is 4. The molecule has 1 aromatic rings. The number of hydrogen-bond acceptors (Lipinski definition) is 2. The van der Waals surface area contributed by atoms with Gasteiger partial charge in [-0.2, -0.15) is 0 Å². The zero-order valence-electron chi connectivity index (χ0n) is 10.0. The summed E-state index contributed by atoms with van der Waals surface area (Å²) in [7, 11) is 0. The molecule has 0 aliphatic carbocycles. The molecule has 102 valence electrons. The number of phenols is 1. The van der Waals surface area contributed by atoms with Gasteiger partial charge in [0.2, 0.25) is 0 Å². The smallest absolute Gasteiger partial charge is 0.504 e. The molecule has 0 aliphatic heterocycles. The highest BCUT2D eigenvalue weighted by atomic mass is 127. The van der Waals surface area contributed by atoms with Crippen molar-refractivity contribution >= 4 is 22.6 Å². The van der Waals surface area contributed by atoms with Gasteiger partial charge in [0.25, 0.3) is 0 Å². The third-order valence-electron chi connectivity index (χ3n) is 2.26. The van der Waals surface area contributed by atoms with Crippen molar-refractivity contribution in [3.8, 4) is 11.5 Å². The Morgan fingerprint density at radius 2 is 1.89 bits per heavy atom. The van der Waals surface area contributed by atoms with E-state index < -0.39 is 17.9 Å². The molecule has 0 spiro atoms. The Bertz CT molecular complexity index is 411. The lowest BCUT2D eigenvalue weighted by atomic mass is 10.0. The lowest BCUT2D eigenvalue weighted by Gasteiger charge is -2.16. The van der Waals surface area contributed by atoms with Crippen molar-refractivity contribution in [1.82, 2.24) is 0 Å². The summed E-state index contributed by atoms with van der Waals surface area (Å²) < 4.78 is 40.1. The van der Waals surface area contributed by atoms with Crippen LogP contribution in [0.15, 0.2) is 18.2 Å². The third kappa shape index (κ3) is 5.79. The molecule has 0 amide bonds. The predicted octanol–water partition coefficient (Wildman–Crippen LogP) is 4.44. The summed E-state index contributed by atoms with van der Waals surface area (Å²) in [6, 6.07) is 4.04. The molecule has 1 aromatic carbocycles. The molecule has 18 heavy (non-hydrogen) atoms. The van der Waals surface area contributed by atoms with Gasteiger partial charge < -0.3 is 9.84 Å². The zero-order valence-corrected chi connectivity index (χ0v) is 12.2. The van der Waals surface area contributed by atoms with Crippen molar-refractivity contribution in [3.63, 3.8) is 0 Å². The molecule has 1 N–H and O–H groups in total. The molecule has 0 radical (unpaired) electrons. The number of aryl methyl sites for hydroxylation is 1. The van der Waals surface area contributed by atoms with E-state index in [4.69, 9.17) is 0 Å². The summed E-state index contributed by atoms with van der Waals surface area (Å²) in [5.41, 5.74) is 0.705. The standard InChI is InChI=1S/C12H14F3IO2/c1-11(2,16)6-5-8-3-4-9(17)10(7-8)18-12(13,14)15/h3-4,7,17H,5-6H2,1-2H3. The number of aromatic hydroxyl groups is 1. The second-order valence-corrected chi connectivity index (χ2v) is 7.49. The summed E-state index contributed by atoms with van der Waals surface area (Å²) in [6.07, 6.45) is -3.34. The summed E-state index contributed by atoms with van der Waals surface area (Å²) in [5.74, 6) is -1.06. The monoisotopic (exact) mass is 374 g/mol. The molecule has 0 aromatic heterocycles. The Balaban J connectivity index is 2.81. The maximum atomic E-state index is 12.1. The average Bonchev–Trinajstić information content (AvgIpc) is 2.16. The average molecular weight is 374 g/mol. The fourth-order valence-corrected chi connectivity index (χ4v) is 1.63. The van der Waals surface area contributed by atoms with Crippen LogP contribution in [0.3, 0.4) is 0 Å². The van der Waals surface area contributed by atoms with Crippen LogP contribution in [-0.2, 0) is 6.42 Å². The molecule has 0 atom stereocenters. The molecule has 1 rings (SSSR count). The maximum absolute atomic E-state index is 12.1. The van der Waals surface area contributed by atoms with Crippen LogP contribution in [0.5, 0.6) is 11.5 Å². The summed E-state index contributed by atoms with van der Waals surface area (Å²) >= 11 is 2.28. The highest BCUT2D eigenvalue weighted by molar-refractivity contribution is 14.1. The highest BCUT2D eigenvalue weighted by Crippen LogP contribution is 2.33. The van der Waals surface area contributed by atoms with Crippen molar-refractivity contribution in [1.29, 1.82) is 0 Å². The molecule has 0 heterocycles. The molecule has 0 fully saturated rings. The summed E-state index contributed by atoms with van der Waals surface area (Å²) in [5, 5.41) is 9.30. The third-order valence-corrected chi connectivity index (χ3v) is 2.80. The van der Waals surface area contributed by atoms with Crippen LogP contribution in [-0.4, -0.2) is 14.9 Å². The molecule has 0 bridgehead atoms. The van der Waals surface area contributed by atoms with Crippen molar-refractivity contribution < 1.29 is 23.0 Å². The Kier molecular flexibility index (Phi) is 4.74. The Hall–Kier alpha value is -0.660. The molecule has 0 saturated carbocycles. The van der Waals surface area contributed by atoms with Crippen LogP contribution in [0.1, 0.15) is 25.8 Å². The summed E-state index contributed by atoms with van der Waals surface area (Å²) in [6.45, 7) is 4.09. The van der Waals surface area contributed by atoms with Gasteiger partial charge in [0.15, 0.2) is 11.5 Å². The number of hydrogen-bond donors (Lipinski definition) is 1. The molecular formula is C12H14F3IO2. The SMILES string of the molecule is CC(C)(I)CCc1ccc(O)c(OC(F)(F)F)c1. The first kappa shape index (κ1) is 15.4. The minimum atomic E-state index is -4.79. The highest BCUT2D eigenvalue weighted by Gasteiger charge is 2.32. The van der Waals surface area contributed by atoms with Gasteiger partial charge >= 0.3 is 6.36 Å². The number of halogens is 4. The topological polar surface area (TPSA) is 29.5 Å². The fraction of sp³-hybridized carbons (Fsp3) is 0.500. The van der Waals surface area contributed by atoms with E-state index in [0.29, 0.717) is 12.0 Å². The largest absolute Gasteiger partial charge is 0.573 e. The van der Waals surface area contributed by atoms with Gasteiger partial charge in [0.1, 0.15) is 0 Å². The van der Waals surface area contributed by atoms with E-state index in [9.17, 15) is 18.3 Å². The second kappa shape index (κ2) is 5.54. The quantitative estimate of drug-likeness (QED) is 0.624. The van der Waals surface area contributed by atoms with E-state index in [1.807, 2.05) is 13.8 Å². The Morgan fingerprint density at radius 1 is 1.28 bits per heavy atom. The first-order chi connectivity index (χ1) is 8.07. The summed E-state index contributed by atoms with van der Waals surface area (Å²) in [4.78, 5) is 0. The van der Waals surface area contributed by atoms with Crippen LogP contribution >= 0.6 is 22.6 Å². The van der Waals surface area contributed by atoms with Gasteiger partial charge in [0.05, 0.1) is 0 Å². The van der Waals surface area contributed by atoms with Crippen molar-refractivity contribution in [2.45, 2.75) is 36.5 Å². The lowest BCUT2D eigenvalue weighted by Crippen LogP contribution is -2.17. The van der Waals surface area contributed by atoms with Crippen molar-refractivity contribution in [2.75, 3.05) is 0 Å². The maximum Gasteiger partial charge on any atom is 0.573 e. The van der Waals surface area contributed by atoms with Crippen LogP contribution in [0.2, 0.25) is 0 Å². The molecule has 2 nitrogen and oxygen atoms in total. The van der Waals surface area contributed by atoms with Crippen molar-refractivity contribution in [2.24, 2.45) is 0 Å². The minimum Gasteiger partial charge on any atom is -0.504 e. The molecule has 0 unspecified atom stereocenters. The van der Waals surface area contributed by atoms with Crippen LogP contribution < -0.4 is 4.74 Å².